The second kappa shape index (κ2) is 4.11. The van der Waals surface area contributed by atoms with Gasteiger partial charge in [0.25, 0.3) is 0 Å². The number of rotatable bonds is 2. The van der Waals surface area contributed by atoms with Gasteiger partial charge < -0.3 is 5.73 Å². The molecule has 0 fully saturated rings. The minimum absolute atomic E-state index is 0.439. The topological polar surface area (TPSA) is 82.0 Å². The van der Waals surface area contributed by atoms with Crippen molar-refractivity contribution in [2.24, 2.45) is 5.73 Å². The smallest absolute Gasteiger partial charge is 0.197 e. The number of aryl methyl sites for hydroxylation is 2. The third kappa shape index (κ3) is 1.68. The second-order valence-electron chi connectivity index (χ2n) is 3.99. The molecule has 0 aliphatic rings. The van der Waals surface area contributed by atoms with Crippen LogP contribution in [-0.2, 0) is 6.54 Å². The molecule has 0 aromatic carbocycles. The van der Waals surface area contributed by atoms with Crippen LogP contribution in [0.15, 0.2) is 12.1 Å². The van der Waals surface area contributed by atoms with Gasteiger partial charge in [0, 0.05) is 6.54 Å². The summed E-state index contributed by atoms with van der Waals surface area (Å²) in [6, 6.07) is 3.82. The lowest BCUT2D eigenvalue weighted by Crippen LogP contribution is -1.96. The molecule has 0 unspecified atom stereocenters. The van der Waals surface area contributed by atoms with Gasteiger partial charge in [-0.25, -0.2) is 4.98 Å². The predicted molar refractivity (Wildman–Crippen MR) is 69.3 cm³/mol. The van der Waals surface area contributed by atoms with E-state index in [-0.39, 0.29) is 0 Å². The third-order valence-electron chi connectivity index (χ3n) is 2.61. The van der Waals surface area contributed by atoms with Gasteiger partial charge in [-0.05, 0) is 26.0 Å². The average Bonchev–Trinajstić information content (AvgIpc) is 2.92. The maximum Gasteiger partial charge on any atom is 0.197 e. The Morgan fingerprint density at radius 3 is 2.83 bits per heavy atom. The molecule has 0 saturated carbocycles. The summed E-state index contributed by atoms with van der Waals surface area (Å²) in [5, 5.41) is 13.6. The molecule has 0 saturated heterocycles. The van der Waals surface area contributed by atoms with Crippen LogP contribution in [0.4, 0.5) is 0 Å². The Morgan fingerprint density at radius 2 is 2.11 bits per heavy atom. The molecule has 0 spiro atoms. The molecule has 7 heteroatoms. The summed E-state index contributed by atoms with van der Waals surface area (Å²) in [5.41, 5.74) is 8.18. The van der Waals surface area contributed by atoms with Crippen LogP contribution in [0.3, 0.4) is 0 Å². The highest BCUT2D eigenvalue weighted by Crippen LogP contribution is 2.28. The fraction of sp³-hybridized carbons (Fsp3) is 0.273. The molecular weight excluding hydrogens is 248 g/mol. The van der Waals surface area contributed by atoms with E-state index in [1.165, 1.54) is 11.3 Å². The molecule has 3 rings (SSSR count). The fourth-order valence-electron chi connectivity index (χ4n) is 1.77. The summed E-state index contributed by atoms with van der Waals surface area (Å²) in [6.07, 6.45) is 0. The number of fused-ring (bicyclic) bond motifs is 1. The molecule has 3 aromatic heterocycles. The minimum atomic E-state index is 0.439. The van der Waals surface area contributed by atoms with E-state index in [1.807, 2.05) is 26.0 Å². The monoisotopic (exact) mass is 260 g/mol. The standard InChI is InChI=1S/C11H12N6S/c1-6-3-4-8-14-15-11(17(8)16-6)10-7(2)13-9(5-12)18-10/h3-4H,5,12H2,1-2H3. The van der Waals surface area contributed by atoms with Crippen molar-refractivity contribution in [2.45, 2.75) is 20.4 Å². The minimum Gasteiger partial charge on any atom is -0.325 e. The third-order valence-corrected chi connectivity index (χ3v) is 3.79. The van der Waals surface area contributed by atoms with Crippen molar-refractivity contribution in [1.82, 2.24) is 24.8 Å². The number of hydrogen-bond acceptors (Lipinski definition) is 6. The number of aromatic nitrogens is 5. The molecule has 0 amide bonds. The van der Waals surface area contributed by atoms with Gasteiger partial charge in [-0.1, -0.05) is 0 Å². The van der Waals surface area contributed by atoms with E-state index in [2.05, 4.69) is 20.3 Å². The molecule has 92 valence electrons. The maximum absolute atomic E-state index is 5.61. The van der Waals surface area contributed by atoms with Crippen molar-refractivity contribution in [3.63, 3.8) is 0 Å². The van der Waals surface area contributed by atoms with Gasteiger partial charge in [0.05, 0.1) is 16.3 Å². The van der Waals surface area contributed by atoms with Crippen molar-refractivity contribution in [3.8, 4) is 10.7 Å². The number of nitrogens with two attached hydrogens (primary N) is 1. The van der Waals surface area contributed by atoms with Crippen LogP contribution in [0.5, 0.6) is 0 Å². The van der Waals surface area contributed by atoms with Gasteiger partial charge in [-0.15, -0.1) is 21.5 Å². The Kier molecular flexibility index (Phi) is 2.57. The summed E-state index contributed by atoms with van der Waals surface area (Å²) >= 11 is 1.54. The summed E-state index contributed by atoms with van der Waals surface area (Å²) in [6.45, 7) is 4.32. The van der Waals surface area contributed by atoms with Crippen LogP contribution in [0, 0.1) is 13.8 Å². The van der Waals surface area contributed by atoms with E-state index in [0.29, 0.717) is 6.54 Å². The van der Waals surface area contributed by atoms with Crippen molar-refractivity contribution in [3.05, 3.63) is 28.5 Å². The van der Waals surface area contributed by atoms with Crippen molar-refractivity contribution < 1.29 is 0 Å². The van der Waals surface area contributed by atoms with Crippen molar-refractivity contribution in [2.75, 3.05) is 0 Å². The van der Waals surface area contributed by atoms with Crippen molar-refractivity contribution >= 4 is 17.0 Å². The van der Waals surface area contributed by atoms with Gasteiger partial charge in [-0.3, -0.25) is 0 Å². The molecule has 3 aromatic rings. The lowest BCUT2D eigenvalue weighted by molar-refractivity contribution is 0.902. The average molecular weight is 260 g/mol. The largest absolute Gasteiger partial charge is 0.325 e. The first-order chi connectivity index (χ1) is 8.69. The van der Waals surface area contributed by atoms with Crippen LogP contribution < -0.4 is 5.73 Å². The molecule has 2 N–H and O–H groups in total. The van der Waals surface area contributed by atoms with Gasteiger partial charge in [0.15, 0.2) is 11.5 Å². The zero-order chi connectivity index (χ0) is 12.7. The SMILES string of the molecule is Cc1ccc2nnc(-c3sc(CN)nc3C)n2n1. The number of hydrogen-bond donors (Lipinski definition) is 1. The highest BCUT2D eigenvalue weighted by molar-refractivity contribution is 7.15. The van der Waals surface area contributed by atoms with Crippen LogP contribution in [0.2, 0.25) is 0 Å². The van der Waals surface area contributed by atoms with E-state index >= 15 is 0 Å². The summed E-state index contributed by atoms with van der Waals surface area (Å²) in [4.78, 5) is 5.37. The lowest BCUT2D eigenvalue weighted by Gasteiger charge is -1.97. The van der Waals surface area contributed by atoms with Crippen LogP contribution in [-0.4, -0.2) is 24.8 Å². The van der Waals surface area contributed by atoms with Gasteiger partial charge in [-0.2, -0.15) is 9.61 Å². The number of nitrogens with zero attached hydrogens (tertiary/aromatic N) is 5. The second-order valence-corrected chi connectivity index (χ2v) is 5.08. The molecule has 0 atom stereocenters. The molecule has 0 radical (unpaired) electrons. The molecule has 0 aliphatic carbocycles. The van der Waals surface area contributed by atoms with Crippen LogP contribution in [0.1, 0.15) is 16.4 Å². The first-order valence-electron chi connectivity index (χ1n) is 5.55. The van der Waals surface area contributed by atoms with Crippen LogP contribution >= 0.6 is 11.3 Å². The van der Waals surface area contributed by atoms with Gasteiger partial charge in [0.2, 0.25) is 0 Å². The Labute approximate surface area is 107 Å². The number of thiazole rings is 1. The first-order valence-corrected chi connectivity index (χ1v) is 6.36. The maximum atomic E-state index is 5.61. The Bertz CT molecular complexity index is 713. The van der Waals surface area contributed by atoms with E-state index in [0.717, 1.165) is 32.7 Å². The van der Waals surface area contributed by atoms with E-state index < -0.39 is 0 Å². The van der Waals surface area contributed by atoms with Crippen molar-refractivity contribution in [1.29, 1.82) is 0 Å². The highest BCUT2D eigenvalue weighted by Gasteiger charge is 2.15. The Hall–Kier alpha value is -1.86. The Balaban J connectivity index is 2.24. The van der Waals surface area contributed by atoms with Gasteiger partial charge in [0.1, 0.15) is 5.01 Å². The Morgan fingerprint density at radius 1 is 1.28 bits per heavy atom. The summed E-state index contributed by atoms with van der Waals surface area (Å²) < 4.78 is 1.75. The first kappa shape index (κ1) is 11.2. The van der Waals surface area contributed by atoms with E-state index in [9.17, 15) is 0 Å². The molecule has 3 heterocycles. The molecular formula is C11H12N6S. The highest BCUT2D eigenvalue weighted by atomic mass is 32.1. The molecule has 6 nitrogen and oxygen atoms in total. The predicted octanol–water partition coefficient (Wildman–Crippen LogP) is 1.32. The van der Waals surface area contributed by atoms with Gasteiger partial charge >= 0.3 is 0 Å². The summed E-state index contributed by atoms with van der Waals surface area (Å²) in [7, 11) is 0. The fourth-order valence-corrected chi connectivity index (χ4v) is 2.68. The van der Waals surface area contributed by atoms with Crippen LogP contribution in [0.25, 0.3) is 16.3 Å². The van der Waals surface area contributed by atoms with E-state index in [1.54, 1.807) is 4.52 Å². The zero-order valence-corrected chi connectivity index (χ0v) is 10.9. The zero-order valence-electron chi connectivity index (χ0n) is 10.1. The normalized spacial score (nSPS) is 11.3. The molecule has 0 aliphatic heterocycles. The summed E-state index contributed by atoms with van der Waals surface area (Å²) in [5.74, 6) is 0.725. The molecule has 18 heavy (non-hydrogen) atoms. The quantitative estimate of drug-likeness (QED) is 0.751. The van der Waals surface area contributed by atoms with E-state index in [4.69, 9.17) is 5.73 Å². The molecule has 0 bridgehead atoms. The lowest BCUT2D eigenvalue weighted by atomic mass is 10.4.